The third kappa shape index (κ3) is 4.12. The number of methoxy groups -OCH3 is 1. The van der Waals surface area contributed by atoms with Gasteiger partial charge in [0.2, 0.25) is 11.0 Å². The number of carbonyl (C=O) groups is 2. The van der Waals surface area contributed by atoms with Crippen LogP contribution in [0.1, 0.15) is 33.3 Å². The first-order valence-electron chi connectivity index (χ1n) is 9.19. The second kappa shape index (κ2) is 8.00. The van der Waals surface area contributed by atoms with Gasteiger partial charge in [-0.1, -0.05) is 23.5 Å². The average Bonchev–Trinajstić information content (AvgIpc) is 3.34. The molecule has 1 unspecified atom stereocenters. The van der Waals surface area contributed by atoms with Crippen molar-refractivity contribution in [2.24, 2.45) is 0 Å². The molecule has 2 aromatic carbocycles. The molecule has 8 heteroatoms. The number of aromatic nitrogens is 2. The van der Waals surface area contributed by atoms with Crippen LogP contribution in [0.5, 0.6) is 5.75 Å². The maximum Gasteiger partial charge on any atom is 0.257 e. The van der Waals surface area contributed by atoms with E-state index in [0.717, 1.165) is 16.3 Å². The second-order valence-corrected chi connectivity index (χ2v) is 7.88. The topological polar surface area (TPSA) is 84.4 Å². The van der Waals surface area contributed by atoms with Gasteiger partial charge in [0.05, 0.1) is 7.11 Å². The van der Waals surface area contributed by atoms with Crippen molar-refractivity contribution >= 4 is 34.0 Å². The van der Waals surface area contributed by atoms with Crippen molar-refractivity contribution in [2.75, 3.05) is 23.9 Å². The number of hydrogen-bond donors (Lipinski definition) is 1. The molecule has 3 aromatic rings. The van der Waals surface area contributed by atoms with Gasteiger partial charge in [-0.05, 0) is 48.9 Å². The zero-order chi connectivity index (χ0) is 20.4. The lowest BCUT2D eigenvalue weighted by Gasteiger charge is -2.16. The highest BCUT2D eigenvalue weighted by atomic mass is 32.1. The number of carbonyl (C=O) groups excluding carboxylic acids is 2. The molecule has 0 saturated carbocycles. The van der Waals surface area contributed by atoms with Crippen LogP contribution in [0.15, 0.2) is 48.5 Å². The van der Waals surface area contributed by atoms with Crippen molar-refractivity contribution in [3.63, 3.8) is 0 Å². The molecule has 1 aromatic heterocycles. The fraction of sp³-hybridized carbons (Fsp3) is 0.238. The monoisotopic (exact) mass is 408 g/mol. The van der Waals surface area contributed by atoms with Crippen LogP contribution in [0.25, 0.3) is 0 Å². The first-order valence-corrected chi connectivity index (χ1v) is 10.0. The highest BCUT2D eigenvalue weighted by Gasteiger charge is 2.34. The molecule has 0 spiro atoms. The summed E-state index contributed by atoms with van der Waals surface area (Å²) < 4.78 is 5.10. The third-order valence-electron chi connectivity index (χ3n) is 4.80. The Kier molecular flexibility index (Phi) is 5.26. The number of rotatable bonds is 5. The quantitative estimate of drug-likeness (QED) is 0.697. The molecule has 148 valence electrons. The van der Waals surface area contributed by atoms with E-state index in [4.69, 9.17) is 4.74 Å². The Morgan fingerprint density at radius 2 is 2.00 bits per heavy atom. The van der Waals surface area contributed by atoms with Gasteiger partial charge in [-0.25, -0.2) is 0 Å². The van der Waals surface area contributed by atoms with E-state index in [1.807, 2.05) is 31.2 Å². The van der Waals surface area contributed by atoms with Crippen LogP contribution in [0.3, 0.4) is 0 Å². The van der Waals surface area contributed by atoms with Gasteiger partial charge in [-0.2, -0.15) is 0 Å². The fourth-order valence-corrected chi connectivity index (χ4v) is 4.11. The molecule has 1 aliphatic rings. The zero-order valence-corrected chi connectivity index (χ0v) is 16.9. The number of ether oxygens (including phenoxy) is 1. The predicted octanol–water partition coefficient (Wildman–Crippen LogP) is 3.63. The zero-order valence-electron chi connectivity index (χ0n) is 16.1. The maximum absolute atomic E-state index is 12.5. The molecular formula is C21H20N4O3S. The van der Waals surface area contributed by atoms with Gasteiger partial charge in [0.25, 0.3) is 5.91 Å². The molecule has 2 amide bonds. The van der Waals surface area contributed by atoms with E-state index in [1.54, 1.807) is 36.3 Å². The van der Waals surface area contributed by atoms with Crippen LogP contribution >= 0.6 is 11.3 Å². The molecule has 0 aliphatic carbocycles. The van der Waals surface area contributed by atoms with Gasteiger partial charge in [-0.3, -0.25) is 14.9 Å². The summed E-state index contributed by atoms with van der Waals surface area (Å²) in [5.41, 5.74) is 2.51. The Morgan fingerprint density at radius 3 is 2.72 bits per heavy atom. The van der Waals surface area contributed by atoms with Crippen LogP contribution in [-0.2, 0) is 4.79 Å². The summed E-state index contributed by atoms with van der Waals surface area (Å²) in [6.07, 6.45) is 0.384. The van der Waals surface area contributed by atoms with Crippen molar-refractivity contribution in [1.29, 1.82) is 0 Å². The molecule has 1 atom stereocenters. The van der Waals surface area contributed by atoms with Crippen molar-refractivity contribution in [1.82, 2.24) is 10.2 Å². The highest BCUT2D eigenvalue weighted by Crippen LogP contribution is 2.34. The lowest BCUT2D eigenvalue weighted by atomic mass is 10.1. The van der Waals surface area contributed by atoms with Gasteiger partial charge in [0, 0.05) is 30.1 Å². The van der Waals surface area contributed by atoms with Gasteiger partial charge >= 0.3 is 0 Å². The predicted molar refractivity (Wildman–Crippen MR) is 112 cm³/mol. The summed E-state index contributed by atoms with van der Waals surface area (Å²) in [5.74, 6) is 0.454. The van der Waals surface area contributed by atoms with Crippen molar-refractivity contribution in [2.45, 2.75) is 19.3 Å². The van der Waals surface area contributed by atoms with E-state index in [2.05, 4.69) is 15.5 Å². The van der Waals surface area contributed by atoms with Crippen molar-refractivity contribution < 1.29 is 14.3 Å². The second-order valence-electron chi connectivity index (χ2n) is 6.87. The first-order chi connectivity index (χ1) is 14.0. The number of hydrogen-bond acceptors (Lipinski definition) is 6. The van der Waals surface area contributed by atoms with E-state index in [-0.39, 0.29) is 17.7 Å². The minimum absolute atomic E-state index is 0.0350. The normalized spacial score (nSPS) is 16.1. The first kappa shape index (κ1) is 19.1. The number of anilines is 2. The third-order valence-corrected chi connectivity index (χ3v) is 5.80. The summed E-state index contributed by atoms with van der Waals surface area (Å²) in [6, 6.07) is 14.7. The van der Waals surface area contributed by atoms with Crippen LogP contribution in [0, 0.1) is 6.92 Å². The Hall–Kier alpha value is -3.26. The smallest absolute Gasteiger partial charge is 0.257 e. The lowest BCUT2D eigenvalue weighted by Crippen LogP contribution is -2.24. The molecule has 1 fully saturated rings. The minimum Gasteiger partial charge on any atom is -0.497 e. The van der Waals surface area contributed by atoms with Gasteiger partial charge in [0.15, 0.2) is 0 Å². The average molecular weight is 408 g/mol. The maximum atomic E-state index is 12.5. The van der Waals surface area contributed by atoms with Crippen LogP contribution < -0.4 is 15.0 Å². The SMILES string of the molecule is COc1ccc(C(=O)Nc2nnc(C3CC(=O)N(c4cccc(C)c4)C3)s2)cc1. The molecule has 1 N–H and O–H groups in total. The lowest BCUT2D eigenvalue weighted by molar-refractivity contribution is -0.117. The van der Waals surface area contributed by atoms with E-state index < -0.39 is 0 Å². The Labute approximate surface area is 172 Å². The van der Waals surface area contributed by atoms with E-state index in [1.165, 1.54) is 11.3 Å². The summed E-state index contributed by atoms with van der Waals surface area (Å²) in [4.78, 5) is 26.7. The molecule has 29 heavy (non-hydrogen) atoms. The summed E-state index contributed by atoms with van der Waals surface area (Å²) >= 11 is 1.31. The van der Waals surface area contributed by atoms with Crippen molar-refractivity contribution in [3.8, 4) is 5.75 Å². The standard InChI is InChI=1S/C21H20N4O3S/c1-13-4-3-5-16(10-13)25-12-15(11-18(25)26)20-23-24-21(29-20)22-19(27)14-6-8-17(28-2)9-7-14/h3-10,15H,11-12H2,1-2H3,(H,22,24,27). The van der Waals surface area contributed by atoms with Crippen LogP contribution in [0.4, 0.5) is 10.8 Å². The van der Waals surface area contributed by atoms with Crippen LogP contribution in [0.2, 0.25) is 0 Å². The number of nitrogens with zero attached hydrogens (tertiary/aromatic N) is 3. The van der Waals surface area contributed by atoms with Gasteiger partial charge < -0.3 is 9.64 Å². The molecule has 7 nitrogen and oxygen atoms in total. The van der Waals surface area contributed by atoms with E-state index in [9.17, 15) is 9.59 Å². The summed E-state index contributed by atoms with van der Waals surface area (Å²) in [6.45, 7) is 2.56. The molecule has 4 rings (SSSR count). The number of nitrogens with one attached hydrogen (secondary N) is 1. The molecule has 2 heterocycles. The highest BCUT2D eigenvalue weighted by molar-refractivity contribution is 7.15. The van der Waals surface area contributed by atoms with E-state index in [0.29, 0.717) is 29.4 Å². The number of amides is 2. The molecule has 0 bridgehead atoms. The summed E-state index contributed by atoms with van der Waals surface area (Å²) in [5, 5.41) is 12.2. The minimum atomic E-state index is -0.265. The summed E-state index contributed by atoms with van der Waals surface area (Å²) in [7, 11) is 1.58. The Morgan fingerprint density at radius 1 is 1.21 bits per heavy atom. The Bertz CT molecular complexity index is 1050. The van der Waals surface area contributed by atoms with E-state index >= 15 is 0 Å². The van der Waals surface area contributed by atoms with Crippen molar-refractivity contribution in [3.05, 3.63) is 64.7 Å². The molecular weight excluding hydrogens is 388 g/mol. The van der Waals surface area contributed by atoms with Crippen LogP contribution in [-0.4, -0.2) is 35.7 Å². The largest absolute Gasteiger partial charge is 0.497 e. The molecule has 1 aliphatic heterocycles. The van der Waals surface area contributed by atoms with Gasteiger partial charge in [-0.15, -0.1) is 10.2 Å². The molecule has 0 radical (unpaired) electrons. The number of aryl methyl sites for hydroxylation is 1. The fourth-order valence-electron chi connectivity index (χ4n) is 3.28. The number of benzene rings is 2. The Balaban J connectivity index is 1.43. The molecule has 1 saturated heterocycles. The van der Waals surface area contributed by atoms with Gasteiger partial charge in [0.1, 0.15) is 10.8 Å².